The highest BCUT2D eigenvalue weighted by Gasteiger charge is 2.46. The molecule has 3 aromatic rings. The van der Waals surface area contributed by atoms with E-state index in [0.717, 1.165) is 22.3 Å². The van der Waals surface area contributed by atoms with Gasteiger partial charge in [-0.25, -0.2) is 0 Å². The van der Waals surface area contributed by atoms with E-state index in [2.05, 4.69) is 39.6 Å². The Balaban J connectivity index is 1.89. The second-order valence-electron chi connectivity index (χ2n) is 10.8. The number of carbonyl (C=O) groups is 2. The van der Waals surface area contributed by atoms with Crippen molar-refractivity contribution in [3.05, 3.63) is 100 Å². The van der Waals surface area contributed by atoms with E-state index < -0.39 is 17.7 Å². The van der Waals surface area contributed by atoms with E-state index in [1.165, 1.54) is 4.90 Å². The van der Waals surface area contributed by atoms with Gasteiger partial charge in [-0.3, -0.25) is 14.6 Å². The molecule has 4 rings (SSSR count). The summed E-state index contributed by atoms with van der Waals surface area (Å²) in [6, 6.07) is 16.1. The van der Waals surface area contributed by atoms with Gasteiger partial charge in [0.15, 0.2) is 0 Å². The van der Waals surface area contributed by atoms with Gasteiger partial charge in [0.2, 0.25) is 0 Å². The maximum atomic E-state index is 13.4. The van der Waals surface area contributed by atoms with Gasteiger partial charge >= 0.3 is 0 Å². The number of likely N-dealkylation sites (tertiary alicyclic amines) is 1. The molecule has 0 bridgehead atoms. The largest absolute Gasteiger partial charge is 0.507 e. The number of ether oxygens (including phenoxy) is 1. The van der Waals surface area contributed by atoms with Crippen molar-refractivity contribution in [3.8, 4) is 5.75 Å². The molecule has 2 heterocycles. The van der Waals surface area contributed by atoms with Gasteiger partial charge in [0.1, 0.15) is 11.5 Å². The average molecular weight is 499 g/mol. The lowest BCUT2D eigenvalue weighted by atomic mass is 9.84. The predicted molar refractivity (Wildman–Crippen MR) is 144 cm³/mol. The smallest absolute Gasteiger partial charge is 0.295 e. The molecule has 6 nitrogen and oxygen atoms in total. The fourth-order valence-electron chi connectivity index (χ4n) is 4.73. The Morgan fingerprint density at radius 2 is 1.68 bits per heavy atom. The summed E-state index contributed by atoms with van der Waals surface area (Å²) in [5.74, 6) is -0.490. The third-order valence-corrected chi connectivity index (χ3v) is 6.84. The molecule has 1 aliphatic rings. The van der Waals surface area contributed by atoms with Gasteiger partial charge < -0.3 is 14.7 Å². The van der Waals surface area contributed by atoms with Gasteiger partial charge in [-0.05, 0) is 58.4 Å². The van der Waals surface area contributed by atoms with E-state index in [0.29, 0.717) is 17.2 Å². The Morgan fingerprint density at radius 1 is 1.03 bits per heavy atom. The van der Waals surface area contributed by atoms with Crippen molar-refractivity contribution in [2.75, 3.05) is 7.11 Å². The molecule has 1 N–H and O–H groups in total. The molecule has 0 spiro atoms. The molecule has 37 heavy (non-hydrogen) atoms. The van der Waals surface area contributed by atoms with Crippen molar-refractivity contribution in [1.29, 1.82) is 0 Å². The third-order valence-electron chi connectivity index (χ3n) is 6.84. The Hall–Kier alpha value is -3.93. The molecule has 192 valence electrons. The Morgan fingerprint density at radius 3 is 2.24 bits per heavy atom. The van der Waals surface area contributed by atoms with E-state index in [-0.39, 0.29) is 23.3 Å². The highest BCUT2D eigenvalue weighted by Crippen LogP contribution is 2.42. The number of aliphatic hydroxyl groups is 1. The molecule has 1 amide bonds. The lowest BCUT2D eigenvalue weighted by molar-refractivity contribution is -0.140. The van der Waals surface area contributed by atoms with Crippen LogP contribution in [0, 0.1) is 0 Å². The van der Waals surface area contributed by atoms with Crippen molar-refractivity contribution in [2.45, 2.75) is 58.5 Å². The number of pyridine rings is 1. The Labute approximate surface area is 218 Å². The van der Waals surface area contributed by atoms with Crippen molar-refractivity contribution < 1.29 is 19.4 Å². The summed E-state index contributed by atoms with van der Waals surface area (Å²) in [6.07, 6.45) is 3.31. The topological polar surface area (TPSA) is 79.7 Å². The summed E-state index contributed by atoms with van der Waals surface area (Å²) in [5, 5.41) is 11.5. The standard InChI is InChI=1S/C31H34N2O4/c1-19(2)21-7-9-22(10-8-21)27-26(29(35)30(36)33(27)18-20-13-15-32-16-14-20)28(34)23-11-12-25(37-6)24(17-23)31(3,4)5/h7-17,19,27,34H,18H2,1-6H3/b28-26-. The van der Waals surface area contributed by atoms with Gasteiger partial charge in [-0.15, -0.1) is 0 Å². The van der Waals surface area contributed by atoms with Gasteiger partial charge in [0, 0.05) is 30.1 Å². The van der Waals surface area contributed by atoms with Gasteiger partial charge in [0.25, 0.3) is 11.7 Å². The molecule has 1 atom stereocenters. The van der Waals surface area contributed by atoms with Gasteiger partial charge in [0.05, 0.1) is 18.7 Å². The minimum Gasteiger partial charge on any atom is -0.507 e. The second-order valence-corrected chi connectivity index (χ2v) is 10.8. The second kappa shape index (κ2) is 10.2. The summed E-state index contributed by atoms with van der Waals surface area (Å²) >= 11 is 0. The molecule has 1 fully saturated rings. The van der Waals surface area contributed by atoms with Crippen molar-refractivity contribution in [2.24, 2.45) is 0 Å². The molecule has 0 aliphatic carbocycles. The van der Waals surface area contributed by atoms with Crippen LogP contribution < -0.4 is 4.74 Å². The number of hydrogen-bond donors (Lipinski definition) is 1. The average Bonchev–Trinajstić information content (AvgIpc) is 3.13. The maximum Gasteiger partial charge on any atom is 0.295 e. The highest BCUT2D eigenvalue weighted by molar-refractivity contribution is 6.46. The minimum atomic E-state index is -0.727. The van der Waals surface area contributed by atoms with Gasteiger partial charge in [-0.2, -0.15) is 0 Å². The zero-order valence-electron chi connectivity index (χ0n) is 22.3. The van der Waals surface area contributed by atoms with E-state index in [1.54, 1.807) is 31.6 Å². The first-order valence-electron chi connectivity index (χ1n) is 12.5. The van der Waals surface area contributed by atoms with Crippen LogP contribution in [0.1, 0.15) is 74.4 Å². The van der Waals surface area contributed by atoms with Crippen LogP contribution in [-0.2, 0) is 21.5 Å². The van der Waals surface area contributed by atoms with Crippen LogP contribution in [0.25, 0.3) is 5.76 Å². The number of methoxy groups -OCH3 is 1. The van der Waals surface area contributed by atoms with Crippen LogP contribution in [0.5, 0.6) is 5.75 Å². The highest BCUT2D eigenvalue weighted by atomic mass is 16.5. The monoisotopic (exact) mass is 498 g/mol. The maximum absolute atomic E-state index is 13.4. The van der Waals surface area contributed by atoms with Crippen LogP contribution in [0.4, 0.5) is 0 Å². The summed E-state index contributed by atoms with van der Waals surface area (Å²) in [5.41, 5.74) is 3.95. The third kappa shape index (κ3) is 5.15. The normalized spacial score (nSPS) is 17.5. The van der Waals surface area contributed by atoms with Crippen LogP contribution >= 0.6 is 0 Å². The molecule has 2 aromatic carbocycles. The summed E-state index contributed by atoms with van der Waals surface area (Å²) in [4.78, 5) is 32.4. The van der Waals surface area contributed by atoms with E-state index in [4.69, 9.17) is 4.74 Å². The number of aliphatic hydroxyl groups excluding tert-OH is 1. The summed E-state index contributed by atoms with van der Waals surface area (Å²) in [6.45, 7) is 10.6. The lowest BCUT2D eigenvalue weighted by Gasteiger charge is -2.26. The molecule has 0 saturated carbocycles. The lowest BCUT2D eigenvalue weighted by Crippen LogP contribution is -2.29. The first-order valence-corrected chi connectivity index (χ1v) is 12.5. The van der Waals surface area contributed by atoms with Crippen LogP contribution in [0.3, 0.4) is 0 Å². The van der Waals surface area contributed by atoms with E-state index in [1.807, 2.05) is 42.5 Å². The van der Waals surface area contributed by atoms with Crippen molar-refractivity contribution >= 4 is 17.4 Å². The van der Waals surface area contributed by atoms with Crippen LogP contribution in [0.15, 0.2) is 72.6 Å². The van der Waals surface area contributed by atoms with E-state index >= 15 is 0 Å². The zero-order valence-corrected chi connectivity index (χ0v) is 22.3. The number of Topliss-reactive ketones (excluding diaryl/α,β-unsaturated/α-hetero) is 1. The number of nitrogens with zero attached hydrogens (tertiary/aromatic N) is 2. The Bertz CT molecular complexity index is 1340. The van der Waals surface area contributed by atoms with Crippen LogP contribution in [-0.4, -0.2) is 33.8 Å². The SMILES string of the molecule is COc1ccc(/C(O)=C2/C(=O)C(=O)N(Cc3ccncc3)C2c2ccc(C(C)C)cc2)cc1C(C)(C)C. The quantitative estimate of drug-likeness (QED) is 0.251. The fraction of sp³-hybridized carbons (Fsp3) is 0.323. The van der Waals surface area contributed by atoms with Gasteiger partial charge in [-0.1, -0.05) is 58.9 Å². The Kier molecular flexibility index (Phi) is 7.21. The number of benzene rings is 2. The molecular weight excluding hydrogens is 464 g/mol. The fourth-order valence-corrected chi connectivity index (χ4v) is 4.73. The first kappa shape index (κ1) is 26.1. The number of hydrogen-bond acceptors (Lipinski definition) is 5. The number of amides is 1. The predicted octanol–water partition coefficient (Wildman–Crippen LogP) is 6.13. The molecule has 1 aliphatic heterocycles. The minimum absolute atomic E-state index is 0.0846. The zero-order chi connectivity index (χ0) is 26.9. The molecule has 0 radical (unpaired) electrons. The molecule has 1 saturated heterocycles. The van der Waals surface area contributed by atoms with Crippen molar-refractivity contribution in [3.63, 3.8) is 0 Å². The molecular formula is C31H34N2O4. The molecule has 1 unspecified atom stereocenters. The molecule has 6 heteroatoms. The number of rotatable bonds is 6. The summed E-state index contributed by atoms with van der Waals surface area (Å²) < 4.78 is 5.54. The van der Waals surface area contributed by atoms with E-state index in [9.17, 15) is 14.7 Å². The first-order chi connectivity index (χ1) is 17.5. The molecule has 1 aromatic heterocycles. The number of aromatic nitrogens is 1. The number of ketones is 1. The van der Waals surface area contributed by atoms with Crippen LogP contribution in [0.2, 0.25) is 0 Å². The summed E-state index contributed by atoms with van der Waals surface area (Å²) in [7, 11) is 1.61. The number of carbonyl (C=O) groups excluding carboxylic acids is 2. The van der Waals surface area contributed by atoms with Crippen molar-refractivity contribution in [1.82, 2.24) is 9.88 Å².